The fourth-order valence-corrected chi connectivity index (χ4v) is 2.54. The van der Waals surface area contributed by atoms with Crippen LogP contribution in [0.4, 0.5) is 0 Å². The van der Waals surface area contributed by atoms with Crippen LogP contribution in [0.1, 0.15) is 18.4 Å². The van der Waals surface area contributed by atoms with Crippen LogP contribution in [0.25, 0.3) is 0 Å². The van der Waals surface area contributed by atoms with Crippen LogP contribution in [-0.4, -0.2) is 42.7 Å². The van der Waals surface area contributed by atoms with Gasteiger partial charge in [0, 0.05) is 12.6 Å². The normalized spacial score (nSPS) is 22.1. The van der Waals surface area contributed by atoms with E-state index in [1.54, 1.807) is 7.11 Å². The minimum absolute atomic E-state index is 0.140. The van der Waals surface area contributed by atoms with Gasteiger partial charge in [0.2, 0.25) is 0 Å². The maximum atomic E-state index is 10.8. The standard InChI is InChI=1S/C15H21NO3/c1-16(13-9-12(10-13)15(17)18)8-7-11-5-3-4-6-14(11)19-2/h3-6,12-13H,7-10H2,1-2H3,(H,17,18). The van der Waals surface area contributed by atoms with Crippen molar-refractivity contribution in [3.8, 4) is 5.75 Å². The first-order chi connectivity index (χ1) is 9.11. The average molecular weight is 263 g/mol. The second-order valence-corrected chi connectivity index (χ2v) is 5.20. The molecule has 1 aliphatic rings. The highest BCUT2D eigenvalue weighted by molar-refractivity contribution is 5.71. The van der Waals surface area contributed by atoms with E-state index in [4.69, 9.17) is 9.84 Å². The van der Waals surface area contributed by atoms with Crippen molar-refractivity contribution >= 4 is 5.97 Å². The predicted molar refractivity (Wildman–Crippen MR) is 73.5 cm³/mol. The lowest BCUT2D eigenvalue weighted by atomic mass is 9.79. The zero-order valence-corrected chi connectivity index (χ0v) is 11.5. The van der Waals surface area contributed by atoms with Gasteiger partial charge in [-0.25, -0.2) is 0 Å². The van der Waals surface area contributed by atoms with Crippen molar-refractivity contribution in [1.29, 1.82) is 0 Å². The number of rotatable bonds is 6. The Morgan fingerprint density at radius 2 is 2.11 bits per heavy atom. The molecule has 0 unspecified atom stereocenters. The Labute approximate surface area is 114 Å². The zero-order valence-electron chi connectivity index (χ0n) is 11.5. The van der Waals surface area contributed by atoms with Gasteiger partial charge in [-0.3, -0.25) is 4.79 Å². The van der Waals surface area contributed by atoms with E-state index in [-0.39, 0.29) is 5.92 Å². The molecule has 1 aliphatic carbocycles. The molecule has 0 spiro atoms. The average Bonchev–Trinajstić information content (AvgIpc) is 2.34. The number of carbonyl (C=O) groups is 1. The number of carboxylic acid groups (broad SMARTS) is 1. The van der Waals surface area contributed by atoms with E-state index in [0.717, 1.165) is 31.6 Å². The number of hydrogen-bond acceptors (Lipinski definition) is 3. The smallest absolute Gasteiger partial charge is 0.306 e. The molecule has 4 nitrogen and oxygen atoms in total. The Morgan fingerprint density at radius 3 is 2.74 bits per heavy atom. The molecule has 1 N–H and O–H groups in total. The molecule has 0 aromatic heterocycles. The van der Waals surface area contributed by atoms with Crippen molar-refractivity contribution in [1.82, 2.24) is 4.90 Å². The van der Waals surface area contributed by atoms with Gasteiger partial charge in [0.05, 0.1) is 13.0 Å². The monoisotopic (exact) mass is 263 g/mol. The maximum absolute atomic E-state index is 10.8. The lowest BCUT2D eigenvalue weighted by Gasteiger charge is -2.39. The van der Waals surface area contributed by atoms with E-state index in [0.29, 0.717) is 6.04 Å². The SMILES string of the molecule is COc1ccccc1CCN(C)C1CC(C(=O)O)C1. The molecule has 0 saturated heterocycles. The molecule has 0 radical (unpaired) electrons. The highest BCUT2D eigenvalue weighted by Gasteiger charge is 2.36. The highest BCUT2D eigenvalue weighted by Crippen LogP contribution is 2.31. The molecule has 104 valence electrons. The minimum Gasteiger partial charge on any atom is -0.496 e. The van der Waals surface area contributed by atoms with Crippen LogP contribution in [0.5, 0.6) is 5.75 Å². The van der Waals surface area contributed by atoms with Gasteiger partial charge in [-0.15, -0.1) is 0 Å². The van der Waals surface area contributed by atoms with Gasteiger partial charge in [-0.1, -0.05) is 18.2 Å². The molecule has 19 heavy (non-hydrogen) atoms. The lowest BCUT2D eigenvalue weighted by Crippen LogP contribution is -2.45. The summed E-state index contributed by atoms with van der Waals surface area (Å²) < 4.78 is 5.33. The van der Waals surface area contributed by atoms with E-state index in [9.17, 15) is 4.79 Å². The Balaban J connectivity index is 1.81. The number of benzene rings is 1. The molecule has 0 atom stereocenters. The maximum Gasteiger partial charge on any atom is 0.306 e. The summed E-state index contributed by atoms with van der Waals surface area (Å²) in [5.74, 6) is 0.126. The van der Waals surface area contributed by atoms with Gasteiger partial charge in [0.15, 0.2) is 0 Å². The van der Waals surface area contributed by atoms with Crippen LogP contribution in [0.3, 0.4) is 0 Å². The highest BCUT2D eigenvalue weighted by atomic mass is 16.5. The van der Waals surface area contributed by atoms with Crippen LogP contribution < -0.4 is 4.74 Å². The van der Waals surface area contributed by atoms with Gasteiger partial charge >= 0.3 is 5.97 Å². The molecule has 0 aliphatic heterocycles. The number of likely N-dealkylation sites (N-methyl/N-ethyl adjacent to an activating group) is 1. The summed E-state index contributed by atoms with van der Waals surface area (Å²) in [6.45, 7) is 0.928. The molecule has 0 bridgehead atoms. The third kappa shape index (κ3) is 3.26. The largest absolute Gasteiger partial charge is 0.496 e. The van der Waals surface area contributed by atoms with Gasteiger partial charge in [-0.2, -0.15) is 0 Å². The van der Waals surface area contributed by atoms with Crippen molar-refractivity contribution in [2.75, 3.05) is 20.7 Å². The van der Waals surface area contributed by atoms with Gasteiger partial charge in [0.25, 0.3) is 0 Å². The summed E-state index contributed by atoms with van der Waals surface area (Å²) in [4.78, 5) is 13.0. The third-order valence-corrected chi connectivity index (χ3v) is 4.01. The number of para-hydroxylation sites is 1. The number of ether oxygens (including phenoxy) is 1. The first-order valence-electron chi connectivity index (χ1n) is 6.66. The van der Waals surface area contributed by atoms with Crippen molar-refractivity contribution in [2.24, 2.45) is 5.92 Å². The van der Waals surface area contributed by atoms with Gasteiger partial charge in [-0.05, 0) is 37.9 Å². The molecule has 1 fully saturated rings. The Kier molecular flexibility index (Phi) is 4.43. The molecule has 0 amide bonds. The Hall–Kier alpha value is -1.55. The number of nitrogens with zero attached hydrogens (tertiary/aromatic N) is 1. The van der Waals surface area contributed by atoms with Crippen LogP contribution in [-0.2, 0) is 11.2 Å². The van der Waals surface area contributed by atoms with Gasteiger partial charge in [0.1, 0.15) is 5.75 Å². The van der Waals surface area contributed by atoms with Crippen LogP contribution in [0.2, 0.25) is 0 Å². The summed E-state index contributed by atoms with van der Waals surface area (Å²) in [5, 5.41) is 8.87. The predicted octanol–water partition coefficient (Wildman–Crippen LogP) is 2.03. The fourth-order valence-electron chi connectivity index (χ4n) is 2.54. The van der Waals surface area contributed by atoms with Crippen LogP contribution >= 0.6 is 0 Å². The zero-order chi connectivity index (χ0) is 13.8. The van der Waals surface area contributed by atoms with Crippen LogP contribution in [0, 0.1) is 5.92 Å². The third-order valence-electron chi connectivity index (χ3n) is 4.01. The van der Waals surface area contributed by atoms with Crippen molar-refractivity contribution in [2.45, 2.75) is 25.3 Å². The van der Waals surface area contributed by atoms with E-state index in [1.165, 1.54) is 5.56 Å². The van der Waals surface area contributed by atoms with Gasteiger partial charge < -0.3 is 14.7 Å². The molecule has 1 aromatic rings. The van der Waals surface area contributed by atoms with E-state index in [2.05, 4.69) is 18.0 Å². The topological polar surface area (TPSA) is 49.8 Å². The summed E-state index contributed by atoms with van der Waals surface area (Å²) in [7, 11) is 3.75. The quantitative estimate of drug-likeness (QED) is 0.853. The summed E-state index contributed by atoms with van der Waals surface area (Å²) in [5.41, 5.74) is 1.20. The molecular weight excluding hydrogens is 242 g/mol. The first-order valence-corrected chi connectivity index (χ1v) is 6.66. The van der Waals surface area contributed by atoms with Crippen molar-refractivity contribution in [3.05, 3.63) is 29.8 Å². The van der Waals surface area contributed by atoms with Crippen molar-refractivity contribution < 1.29 is 14.6 Å². The van der Waals surface area contributed by atoms with Crippen molar-refractivity contribution in [3.63, 3.8) is 0 Å². The minimum atomic E-state index is -0.658. The molecule has 4 heteroatoms. The number of methoxy groups -OCH3 is 1. The van der Waals surface area contributed by atoms with E-state index in [1.807, 2.05) is 18.2 Å². The molecule has 2 rings (SSSR count). The summed E-state index contributed by atoms with van der Waals surface area (Å²) in [6, 6.07) is 8.44. The second-order valence-electron chi connectivity index (χ2n) is 5.20. The fraction of sp³-hybridized carbons (Fsp3) is 0.533. The van der Waals surface area contributed by atoms with E-state index < -0.39 is 5.97 Å². The summed E-state index contributed by atoms with van der Waals surface area (Å²) in [6.07, 6.45) is 2.48. The summed E-state index contributed by atoms with van der Waals surface area (Å²) >= 11 is 0. The molecule has 1 aromatic carbocycles. The Morgan fingerprint density at radius 1 is 1.42 bits per heavy atom. The molecular formula is C15H21NO3. The molecule has 0 heterocycles. The number of carboxylic acids is 1. The van der Waals surface area contributed by atoms with Crippen LogP contribution in [0.15, 0.2) is 24.3 Å². The molecule has 1 saturated carbocycles. The Bertz CT molecular complexity index is 441. The second kappa shape index (κ2) is 6.06. The lowest BCUT2D eigenvalue weighted by molar-refractivity contribution is -0.146. The number of hydrogen-bond donors (Lipinski definition) is 1. The van der Waals surface area contributed by atoms with E-state index >= 15 is 0 Å². The number of aliphatic carboxylic acids is 1. The first kappa shape index (κ1) is 13.9.